The molecule has 1 unspecified atom stereocenters. The van der Waals surface area contributed by atoms with Crippen LogP contribution in [0.3, 0.4) is 0 Å². The van der Waals surface area contributed by atoms with E-state index in [1.165, 1.54) is 0 Å². The number of nitrogens with zero attached hydrogens (tertiary/aromatic N) is 1. The van der Waals surface area contributed by atoms with Gasteiger partial charge in [-0.2, -0.15) is 0 Å². The maximum atomic E-state index is 12.3. The highest BCUT2D eigenvalue weighted by Gasteiger charge is 2.37. The van der Waals surface area contributed by atoms with E-state index in [9.17, 15) is 9.59 Å². The molecule has 1 saturated heterocycles. The fourth-order valence-corrected chi connectivity index (χ4v) is 2.77. The summed E-state index contributed by atoms with van der Waals surface area (Å²) in [4.78, 5) is 26.1. The average Bonchev–Trinajstić information content (AvgIpc) is 2.81. The number of benzene rings is 1. The first-order valence-electron chi connectivity index (χ1n) is 6.91. The van der Waals surface area contributed by atoms with Crippen LogP contribution in [0.15, 0.2) is 28.7 Å². The van der Waals surface area contributed by atoms with Gasteiger partial charge in [-0.15, -0.1) is 12.4 Å². The molecule has 0 spiro atoms. The van der Waals surface area contributed by atoms with Gasteiger partial charge in [0.05, 0.1) is 11.6 Å². The summed E-state index contributed by atoms with van der Waals surface area (Å²) in [6.45, 7) is 4.49. The van der Waals surface area contributed by atoms with Crippen molar-refractivity contribution in [1.82, 2.24) is 5.32 Å². The molecule has 1 aliphatic rings. The molecule has 1 aromatic carbocycles. The van der Waals surface area contributed by atoms with Crippen LogP contribution in [-0.4, -0.2) is 30.4 Å². The molecule has 1 atom stereocenters. The third-order valence-corrected chi connectivity index (χ3v) is 4.28. The first-order chi connectivity index (χ1) is 9.84. The second-order valence-electron chi connectivity index (χ2n) is 5.93. The molecule has 1 heterocycles. The molecule has 122 valence electrons. The molecule has 5 nitrogen and oxygen atoms in total. The van der Waals surface area contributed by atoms with Crippen molar-refractivity contribution in [1.29, 1.82) is 0 Å². The number of para-hydroxylation sites is 1. The van der Waals surface area contributed by atoms with Gasteiger partial charge in [-0.05, 0) is 41.9 Å². The summed E-state index contributed by atoms with van der Waals surface area (Å²) in [5, 5.41) is 2.90. The lowest BCUT2D eigenvalue weighted by Crippen LogP contribution is -2.51. The smallest absolute Gasteiger partial charge is 0.227 e. The number of hydrogen-bond donors (Lipinski definition) is 2. The van der Waals surface area contributed by atoms with Crippen LogP contribution in [-0.2, 0) is 9.59 Å². The van der Waals surface area contributed by atoms with E-state index in [-0.39, 0.29) is 36.6 Å². The number of carbonyl (C=O) groups excluding carboxylic acids is 2. The second kappa shape index (κ2) is 7.44. The zero-order valence-electron chi connectivity index (χ0n) is 12.6. The van der Waals surface area contributed by atoms with Crippen LogP contribution in [0.5, 0.6) is 0 Å². The molecular weight excluding hydrogens is 370 g/mol. The maximum Gasteiger partial charge on any atom is 0.227 e. The molecule has 1 aromatic rings. The standard InChI is InChI=1S/C15H20BrN3O2.ClH/c1-15(2,9-17)18-14(21)10-7-13(20)19(8-10)12-6-4-3-5-11(12)16;/h3-6,10H,7-9,17H2,1-2H3,(H,18,21);1H. The Morgan fingerprint density at radius 2 is 2.09 bits per heavy atom. The zero-order chi connectivity index (χ0) is 15.6. The van der Waals surface area contributed by atoms with E-state index < -0.39 is 5.54 Å². The molecule has 7 heteroatoms. The minimum absolute atomic E-state index is 0. The van der Waals surface area contributed by atoms with Crippen LogP contribution in [0.4, 0.5) is 5.69 Å². The summed E-state index contributed by atoms with van der Waals surface area (Å²) in [7, 11) is 0. The molecule has 0 aromatic heterocycles. The summed E-state index contributed by atoms with van der Waals surface area (Å²) in [5.41, 5.74) is 5.96. The van der Waals surface area contributed by atoms with Crippen LogP contribution >= 0.6 is 28.3 Å². The summed E-state index contributed by atoms with van der Waals surface area (Å²) < 4.78 is 0.849. The molecule has 1 aliphatic heterocycles. The molecule has 2 rings (SSSR count). The first kappa shape index (κ1) is 18.9. The quantitative estimate of drug-likeness (QED) is 0.826. The van der Waals surface area contributed by atoms with Crippen LogP contribution in [0.1, 0.15) is 20.3 Å². The van der Waals surface area contributed by atoms with Crippen molar-refractivity contribution in [3.8, 4) is 0 Å². The van der Waals surface area contributed by atoms with Crippen molar-refractivity contribution in [3.05, 3.63) is 28.7 Å². The number of halogens is 2. The monoisotopic (exact) mass is 389 g/mol. The van der Waals surface area contributed by atoms with Crippen molar-refractivity contribution < 1.29 is 9.59 Å². The Labute approximate surface area is 145 Å². The van der Waals surface area contributed by atoms with Crippen LogP contribution < -0.4 is 16.0 Å². The third-order valence-electron chi connectivity index (χ3n) is 3.61. The van der Waals surface area contributed by atoms with Gasteiger partial charge in [0.25, 0.3) is 0 Å². The highest BCUT2D eigenvalue weighted by molar-refractivity contribution is 9.10. The molecule has 0 saturated carbocycles. The molecule has 0 bridgehead atoms. The van der Waals surface area contributed by atoms with Crippen LogP contribution in [0, 0.1) is 5.92 Å². The van der Waals surface area contributed by atoms with Crippen molar-refractivity contribution >= 4 is 45.8 Å². The minimum atomic E-state index is -0.457. The zero-order valence-corrected chi connectivity index (χ0v) is 15.0. The molecule has 0 aliphatic carbocycles. The Hall–Kier alpha value is -1.11. The number of anilines is 1. The van der Waals surface area contributed by atoms with E-state index >= 15 is 0 Å². The Balaban J connectivity index is 0.00000242. The number of nitrogens with one attached hydrogen (secondary N) is 1. The molecule has 2 amide bonds. The lowest BCUT2D eigenvalue weighted by molar-refractivity contribution is -0.127. The predicted octanol–water partition coefficient (Wildman–Crippen LogP) is 2.08. The highest BCUT2D eigenvalue weighted by Crippen LogP contribution is 2.31. The number of hydrogen-bond acceptors (Lipinski definition) is 3. The van der Waals surface area contributed by atoms with Gasteiger partial charge in [0, 0.05) is 29.5 Å². The first-order valence-corrected chi connectivity index (χ1v) is 7.70. The SMILES string of the molecule is CC(C)(CN)NC(=O)C1CC(=O)N(c2ccccc2Br)C1.Cl. The lowest BCUT2D eigenvalue weighted by atomic mass is 10.0. The summed E-state index contributed by atoms with van der Waals surface area (Å²) in [6.07, 6.45) is 0.230. The van der Waals surface area contributed by atoms with Crippen LogP contribution in [0.2, 0.25) is 0 Å². The summed E-state index contributed by atoms with van der Waals surface area (Å²) in [5.74, 6) is -0.489. The number of carbonyl (C=O) groups is 2. The highest BCUT2D eigenvalue weighted by atomic mass is 79.9. The molecule has 0 radical (unpaired) electrons. The van der Waals surface area contributed by atoms with Gasteiger partial charge in [-0.25, -0.2) is 0 Å². The van der Waals surface area contributed by atoms with Gasteiger partial charge in [0.2, 0.25) is 11.8 Å². The van der Waals surface area contributed by atoms with Crippen molar-refractivity contribution in [2.24, 2.45) is 11.7 Å². The summed E-state index contributed by atoms with van der Waals surface area (Å²) >= 11 is 3.44. The van der Waals surface area contributed by atoms with E-state index in [2.05, 4.69) is 21.2 Å². The number of amides is 2. The molecule has 3 N–H and O–H groups in total. The number of nitrogens with two attached hydrogens (primary N) is 1. The topological polar surface area (TPSA) is 75.4 Å². The molecule has 22 heavy (non-hydrogen) atoms. The largest absolute Gasteiger partial charge is 0.350 e. The normalized spacial score (nSPS) is 18.1. The predicted molar refractivity (Wildman–Crippen MR) is 93.1 cm³/mol. The summed E-state index contributed by atoms with van der Waals surface area (Å²) in [6, 6.07) is 7.51. The average molecular weight is 391 g/mol. The van der Waals surface area contributed by atoms with Crippen LogP contribution in [0.25, 0.3) is 0 Å². The van der Waals surface area contributed by atoms with Gasteiger partial charge in [0.1, 0.15) is 0 Å². The molecule has 1 fully saturated rings. The van der Waals surface area contributed by atoms with Gasteiger partial charge in [-0.1, -0.05) is 12.1 Å². The Morgan fingerprint density at radius 1 is 1.45 bits per heavy atom. The Kier molecular flexibility index (Phi) is 6.40. The van der Waals surface area contributed by atoms with E-state index in [0.717, 1.165) is 10.2 Å². The van der Waals surface area contributed by atoms with Crippen molar-refractivity contribution in [3.63, 3.8) is 0 Å². The van der Waals surface area contributed by atoms with E-state index in [0.29, 0.717) is 13.1 Å². The lowest BCUT2D eigenvalue weighted by Gasteiger charge is -2.26. The van der Waals surface area contributed by atoms with Gasteiger partial charge < -0.3 is 16.0 Å². The second-order valence-corrected chi connectivity index (χ2v) is 6.79. The maximum absolute atomic E-state index is 12.3. The fraction of sp³-hybridized carbons (Fsp3) is 0.467. The molecular formula is C15H21BrClN3O2. The Bertz CT molecular complexity index is 565. The fourth-order valence-electron chi connectivity index (χ4n) is 2.27. The van der Waals surface area contributed by atoms with Crippen molar-refractivity contribution in [2.75, 3.05) is 18.0 Å². The van der Waals surface area contributed by atoms with Gasteiger partial charge in [0.15, 0.2) is 0 Å². The van der Waals surface area contributed by atoms with Gasteiger partial charge in [-0.3, -0.25) is 9.59 Å². The Morgan fingerprint density at radius 3 is 2.68 bits per heavy atom. The number of rotatable bonds is 4. The van der Waals surface area contributed by atoms with E-state index in [1.54, 1.807) is 4.90 Å². The van der Waals surface area contributed by atoms with Gasteiger partial charge >= 0.3 is 0 Å². The third kappa shape index (κ3) is 4.21. The van der Waals surface area contributed by atoms with E-state index in [1.807, 2.05) is 38.1 Å². The van der Waals surface area contributed by atoms with Crippen molar-refractivity contribution in [2.45, 2.75) is 25.8 Å². The van der Waals surface area contributed by atoms with E-state index in [4.69, 9.17) is 5.73 Å². The minimum Gasteiger partial charge on any atom is -0.350 e.